The van der Waals surface area contributed by atoms with Crippen LogP contribution in [0.25, 0.3) is 11.1 Å². The van der Waals surface area contributed by atoms with E-state index in [0.717, 1.165) is 28.7 Å². The molecule has 2 aromatic rings. The zero-order valence-corrected chi connectivity index (χ0v) is 11.2. The van der Waals surface area contributed by atoms with Crippen LogP contribution in [0.3, 0.4) is 0 Å². The predicted molar refractivity (Wildman–Crippen MR) is 75.9 cm³/mol. The normalized spacial score (nSPS) is 13.2. The first kappa shape index (κ1) is 12.6. The Morgan fingerprint density at radius 1 is 1.00 bits per heavy atom. The highest BCUT2D eigenvalue weighted by molar-refractivity contribution is 6.02. The van der Waals surface area contributed by atoms with Gasteiger partial charge in [-0.3, -0.25) is 4.79 Å². The van der Waals surface area contributed by atoms with E-state index < -0.39 is 0 Å². The zero-order chi connectivity index (χ0) is 14.1. The summed E-state index contributed by atoms with van der Waals surface area (Å²) in [4.78, 5) is 23.2. The number of carbonyl (C=O) groups excluding carboxylic acids is 2. The predicted octanol–water partition coefficient (Wildman–Crippen LogP) is 3.27. The van der Waals surface area contributed by atoms with E-state index in [2.05, 4.69) is 4.74 Å². The number of methoxy groups -OCH3 is 1. The van der Waals surface area contributed by atoms with Crippen molar-refractivity contribution in [1.82, 2.24) is 0 Å². The second-order valence-corrected chi connectivity index (χ2v) is 4.82. The third-order valence-electron chi connectivity index (χ3n) is 3.70. The lowest BCUT2D eigenvalue weighted by Crippen LogP contribution is -2.00. The van der Waals surface area contributed by atoms with Crippen molar-refractivity contribution in [3.8, 4) is 11.1 Å². The SMILES string of the molecule is COC(=O)c1ccc(-c2cccc3c2CCC3=O)cc1. The van der Waals surface area contributed by atoms with E-state index in [1.54, 1.807) is 12.1 Å². The first-order valence-electron chi connectivity index (χ1n) is 6.54. The van der Waals surface area contributed by atoms with Crippen molar-refractivity contribution >= 4 is 11.8 Å². The van der Waals surface area contributed by atoms with Gasteiger partial charge in [0.05, 0.1) is 12.7 Å². The standard InChI is InChI=1S/C17H14O3/c1-20-17(19)12-7-5-11(6-8-12)13-3-2-4-15-14(13)9-10-16(15)18/h2-8H,9-10H2,1H3. The van der Waals surface area contributed by atoms with Crippen molar-refractivity contribution in [3.05, 3.63) is 59.2 Å². The maximum atomic E-state index is 11.8. The van der Waals surface area contributed by atoms with Crippen LogP contribution in [0.4, 0.5) is 0 Å². The summed E-state index contributed by atoms with van der Waals surface area (Å²) in [5.41, 5.74) is 4.57. The number of benzene rings is 2. The molecule has 0 saturated carbocycles. The molecule has 2 aromatic carbocycles. The minimum absolute atomic E-state index is 0.216. The Labute approximate surface area is 117 Å². The Bertz CT molecular complexity index is 684. The summed E-state index contributed by atoms with van der Waals surface area (Å²) in [6.45, 7) is 0. The van der Waals surface area contributed by atoms with Gasteiger partial charge in [0, 0.05) is 12.0 Å². The summed E-state index contributed by atoms with van der Waals surface area (Å²) in [5.74, 6) is -0.127. The van der Waals surface area contributed by atoms with Crippen LogP contribution in [-0.2, 0) is 11.2 Å². The van der Waals surface area contributed by atoms with Crippen LogP contribution in [0.1, 0.15) is 32.7 Å². The first-order valence-corrected chi connectivity index (χ1v) is 6.54. The van der Waals surface area contributed by atoms with Crippen molar-refractivity contribution in [2.75, 3.05) is 7.11 Å². The Kier molecular flexibility index (Phi) is 3.11. The van der Waals surface area contributed by atoms with Crippen LogP contribution in [0, 0.1) is 0 Å². The second-order valence-electron chi connectivity index (χ2n) is 4.82. The molecule has 3 heteroatoms. The van der Waals surface area contributed by atoms with E-state index >= 15 is 0 Å². The molecule has 0 amide bonds. The molecule has 0 spiro atoms. The lowest BCUT2D eigenvalue weighted by atomic mass is 9.96. The van der Waals surface area contributed by atoms with E-state index in [0.29, 0.717) is 12.0 Å². The number of hydrogen-bond acceptors (Lipinski definition) is 3. The quantitative estimate of drug-likeness (QED) is 0.783. The van der Waals surface area contributed by atoms with Crippen LogP contribution < -0.4 is 0 Å². The van der Waals surface area contributed by atoms with Gasteiger partial charge in [0.25, 0.3) is 0 Å². The van der Waals surface area contributed by atoms with Gasteiger partial charge in [-0.2, -0.15) is 0 Å². The monoisotopic (exact) mass is 266 g/mol. The minimum Gasteiger partial charge on any atom is -0.465 e. The van der Waals surface area contributed by atoms with Crippen molar-refractivity contribution < 1.29 is 14.3 Å². The summed E-state index contributed by atoms with van der Waals surface area (Å²) < 4.78 is 4.69. The van der Waals surface area contributed by atoms with Gasteiger partial charge in [-0.05, 0) is 35.2 Å². The molecule has 0 aliphatic heterocycles. The highest BCUT2D eigenvalue weighted by Gasteiger charge is 2.22. The van der Waals surface area contributed by atoms with Crippen LogP contribution in [-0.4, -0.2) is 18.9 Å². The number of carbonyl (C=O) groups is 2. The van der Waals surface area contributed by atoms with Crippen molar-refractivity contribution in [3.63, 3.8) is 0 Å². The van der Waals surface area contributed by atoms with Gasteiger partial charge in [0.15, 0.2) is 5.78 Å². The number of hydrogen-bond donors (Lipinski definition) is 0. The fourth-order valence-corrected chi connectivity index (χ4v) is 2.66. The molecule has 3 rings (SSSR count). The minimum atomic E-state index is -0.343. The van der Waals surface area contributed by atoms with E-state index in [1.165, 1.54) is 7.11 Å². The molecule has 0 fully saturated rings. The van der Waals surface area contributed by atoms with Crippen molar-refractivity contribution in [2.45, 2.75) is 12.8 Å². The van der Waals surface area contributed by atoms with Crippen LogP contribution in [0.2, 0.25) is 0 Å². The summed E-state index contributed by atoms with van der Waals surface area (Å²) in [5, 5.41) is 0. The number of ether oxygens (including phenoxy) is 1. The molecule has 3 nitrogen and oxygen atoms in total. The fraction of sp³-hybridized carbons (Fsp3) is 0.176. The number of fused-ring (bicyclic) bond motifs is 1. The third kappa shape index (κ3) is 2.01. The van der Waals surface area contributed by atoms with Gasteiger partial charge in [-0.15, -0.1) is 0 Å². The van der Waals surface area contributed by atoms with Crippen LogP contribution in [0.5, 0.6) is 0 Å². The molecule has 0 bridgehead atoms. The Balaban J connectivity index is 2.02. The van der Waals surface area contributed by atoms with Crippen LogP contribution in [0.15, 0.2) is 42.5 Å². The molecule has 0 N–H and O–H groups in total. The summed E-state index contributed by atoms with van der Waals surface area (Å²) in [7, 11) is 1.37. The maximum absolute atomic E-state index is 11.8. The molecular formula is C17H14O3. The van der Waals surface area contributed by atoms with Gasteiger partial charge in [-0.1, -0.05) is 30.3 Å². The van der Waals surface area contributed by atoms with Gasteiger partial charge in [0.2, 0.25) is 0 Å². The lowest BCUT2D eigenvalue weighted by Gasteiger charge is -2.08. The van der Waals surface area contributed by atoms with E-state index in [9.17, 15) is 9.59 Å². The molecule has 100 valence electrons. The first-order chi connectivity index (χ1) is 9.70. The van der Waals surface area contributed by atoms with Gasteiger partial charge in [0.1, 0.15) is 0 Å². The Morgan fingerprint density at radius 3 is 2.40 bits per heavy atom. The second kappa shape index (κ2) is 4.93. The lowest BCUT2D eigenvalue weighted by molar-refractivity contribution is 0.0600. The van der Waals surface area contributed by atoms with E-state index in [-0.39, 0.29) is 11.8 Å². The molecule has 0 radical (unpaired) electrons. The molecular weight excluding hydrogens is 252 g/mol. The molecule has 1 aliphatic carbocycles. The number of ketones is 1. The Hall–Kier alpha value is -2.42. The highest BCUT2D eigenvalue weighted by Crippen LogP contribution is 2.32. The fourth-order valence-electron chi connectivity index (χ4n) is 2.66. The van der Waals surface area contributed by atoms with E-state index in [4.69, 9.17) is 0 Å². The number of esters is 1. The number of rotatable bonds is 2. The summed E-state index contributed by atoms with van der Waals surface area (Å²) >= 11 is 0. The van der Waals surface area contributed by atoms with Crippen molar-refractivity contribution in [1.29, 1.82) is 0 Å². The molecule has 0 aromatic heterocycles. The van der Waals surface area contributed by atoms with Gasteiger partial charge < -0.3 is 4.74 Å². The summed E-state index contributed by atoms with van der Waals surface area (Å²) in [6.07, 6.45) is 1.38. The average Bonchev–Trinajstić information content (AvgIpc) is 2.88. The highest BCUT2D eigenvalue weighted by atomic mass is 16.5. The Morgan fingerprint density at radius 2 is 1.70 bits per heavy atom. The van der Waals surface area contributed by atoms with Crippen molar-refractivity contribution in [2.24, 2.45) is 0 Å². The average molecular weight is 266 g/mol. The molecule has 0 saturated heterocycles. The molecule has 0 heterocycles. The third-order valence-corrected chi connectivity index (χ3v) is 3.70. The van der Waals surface area contributed by atoms with Gasteiger partial charge >= 0.3 is 5.97 Å². The van der Waals surface area contributed by atoms with Gasteiger partial charge in [-0.25, -0.2) is 4.79 Å². The van der Waals surface area contributed by atoms with E-state index in [1.807, 2.05) is 30.3 Å². The van der Waals surface area contributed by atoms with Crippen LogP contribution >= 0.6 is 0 Å². The maximum Gasteiger partial charge on any atom is 0.337 e. The largest absolute Gasteiger partial charge is 0.465 e. The topological polar surface area (TPSA) is 43.4 Å². The zero-order valence-electron chi connectivity index (χ0n) is 11.2. The molecule has 0 atom stereocenters. The molecule has 20 heavy (non-hydrogen) atoms. The number of Topliss-reactive ketones (excluding diaryl/α,β-unsaturated/α-hetero) is 1. The molecule has 1 aliphatic rings. The smallest absolute Gasteiger partial charge is 0.337 e. The summed E-state index contributed by atoms with van der Waals surface area (Å²) in [6, 6.07) is 13.1. The molecule has 0 unspecified atom stereocenters.